The second kappa shape index (κ2) is 4.76. The average Bonchev–Trinajstić information content (AvgIpc) is 1.82. The van der Waals surface area contributed by atoms with E-state index in [1.807, 2.05) is 0 Å². The van der Waals surface area contributed by atoms with Gasteiger partial charge in [-0.05, 0) is 11.6 Å². The van der Waals surface area contributed by atoms with Crippen LogP contribution in [0, 0.1) is 0 Å². The number of hydrogen-bond donors (Lipinski definition) is 0. The lowest BCUT2D eigenvalue weighted by atomic mass is 10.4. The molecule has 1 nitrogen and oxygen atoms in total. The molecular formula is C10H27NSi2. The third kappa shape index (κ3) is 3.22. The first-order valence-corrected chi connectivity index (χ1v) is 11.3. The summed E-state index contributed by atoms with van der Waals surface area (Å²) in [7, 11) is -1.77. The molecule has 0 unspecified atom stereocenters. The molecule has 0 amide bonds. The van der Waals surface area contributed by atoms with Crippen molar-refractivity contribution in [3.05, 3.63) is 0 Å². The van der Waals surface area contributed by atoms with Gasteiger partial charge >= 0.3 is 0 Å². The Hall–Kier alpha value is 0.394. The number of rotatable bonds is 4. The van der Waals surface area contributed by atoms with Crippen molar-refractivity contribution in [1.82, 2.24) is 4.23 Å². The van der Waals surface area contributed by atoms with Crippen molar-refractivity contribution in [3.8, 4) is 0 Å². The van der Waals surface area contributed by atoms with Gasteiger partial charge in [0.05, 0.1) is 8.96 Å². The number of nitrogens with zero attached hydrogens (tertiary/aromatic N) is 1. The van der Waals surface area contributed by atoms with Crippen LogP contribution in [-0.4, -0.2) is 27.5 Å². The second-order valence-electron chi connectivity index (χ2n) is 5.40. The topological polar surface area (TPSA) is 3.24 Å². The highest BCUT2D eigenvalue weighted by Crippen LogP contribution is 2.27. The molecule has 0 saturated carbocycles. The van der Waals surface area contributed by atoms with Crippen LogP contribution in [0.1, 0.15) is 27.7 Å². The Morgan fingerprint density at radius 1 is 1.00 bits per heavy atom. The summed E-state index contributed by atoms with van der Waals surface area (Å²) in [5, 5.41) is 0. The summed E-state index contributed by atoms with van der Waals surface area (Å²) >= 11 is 0. The van der Waals surface area contributed by atoms with Crippen LogP contribution in [0.25, 0.3) is 0 Å². The van der Waals surface area contributed by atoms with E-state index in [2.05, 4.69) is 58.1 Å². The molecule has 0 spiro atoms. The predicted octanol–water partition coefficient (Wildman–Crippen LogP) is 3.30. The molecule has 0 aliphatic carbocycles. The fourth-order valence-corrected chi connectivity index (χ4v) is 11.6. The van der Waals surface area contributed by atoms with E-state index in [1.54, 1.807) is 0 Å². The minimum absolute atomic E-state index is 0.629. The van der Waals surface area contributed by atoms with E-state index in [-0.39, 0.29) is 0 Å². The van der Waals surface area contributed by atoms with Crippen molar-refractivity contribution >= 4 is 17.2 Å². The van der Waals surface area contributed by atoms with Crippen LogP contribution >= 0.6 is 0 Å². The smallest absolute Gasteiger partial charge is 0.118 e. The largest absolute Gasteiger partial charge is 0.346 e. The molecule has 13 heavy (non-hydrogen) atoms. The van der Waals surface area contributed by atoms with Crippen LogP contribution in [0.2, 0.25) is 31.7 Å². The van der Waals surface area contributed by atoms with Crippen molar-refractivity contribution in [1.29, 1.82) is 0 Å². The molecule has 0 fully saturated rings. The van der Waals surface area contributed by atoms with E-state index in [1.165, 1.54) is 0 Å². The first kappa shape index (κ1) is 13.4. The van der Waals surface area contributed by atoms with E-state index < -0.39 is 17.2 Å². The van der Waals surface area contributed by atoms with Gasteiger partial charge in [-0.15, -0.1) is 0 Å². The molecule has 0 heterocycles. The Bertz CT molecular complexity index is 145. The monoisotopic (exact) mass is 217 g/mol. The zero-order valence-corrected chi connectivity index (χ0v) is 12.8. The van der Waals surface area contributed by atoms with Gasteiger partial charge in [0, 0.05) is 0 Å². The van der Waals surface area contributed by atoms with Gasteiger partial charge in [-0.1, -0.05) is 53.9 Å². The van der Waals surface area contributed by atoms with Crippen LogP contribution in [0.5, 0.6) is 0 Å². The zero-order chi connectivity index (χ0) is 10.8. The summed E-state index contributed by atoms with van der Waals surface area (Å²) in [5.74, 6) is 0. The standard InChI is InChI=1S/C10H27NSi2/c1-9(2)11(12(5)6)13(7,8)10(3)4/h9-10,12H,1-8H3. The normalized spacial score (nSPS) is 13.8. The molecule has 0 bridgehead atoms. The first-order valence-electron chi connectivity index (χ1n) is 5.49. The highest BCUT2D eigenvalue weighted by atomic mass is 28.4. The number of hydrogen-bond acceptors (Lipinski definition) is 1. The van der Waals surface area contributed by atoms with Crippen LogP contribution in [0.4, 0.5) is 0 Å². The highest BCUT2D eigenvalue weighted by molar-refractivity contribution is 6.84. The first-order chi connectivity index (χ1) is 5.71. The predicted molar refractivity (Wildman–Crippen MR) is 68.4 cm³/mol. The summed E-state index contributed by atoms with van der Waals surface area (Å²) in [6, 6.07) is 0.746. The van der Waals surface area contributed by atoms with E-state index in [0.29, 0.717) is 0 Å². The molecule has 80 valence electrons. The molecule has 0 aromatic rings. The Morgan fingerprint density at radius 3 is 1.46 bits per heavy atom. The summed E-state index contributed by atoms with van der Waals surface area (Å²) in [4.78, 5) is 0. The highest BCUT2D eigenvalue weighted by Gasteiger charge is 2.35. The molecule has 0 aliphatic heterocycles. The molecule has 0 aromatic carbocycles. The van der Waals surface area contributed by atoms with E-state index in [4.69, 9.17) is 0 Å². The van der Waals surface area contributed by atoms with Gasteiger partial charge in [0.15, 0.2) is 0 Å². The molecule has 3 heteroatoms. The fourth-order valence-electron chi connectivity index (χ4n) is 2.23. The lowest BCUT2D eigenvalue weighted by Crippen LogP contribution is -2.59. The molecule has 0 aromatic heterocycles. The van der Waals surface area contributed by atoms with Gasteiger partial charge in [0.25, 0.3) is 0 Å². The van der Waals surface area contributed by atoms with Crippen LogP contribution in [0.3, 0.4) is 0 Å². The van der Waals surface area contributed by atoms with Crippen molar-refractivity contribution in [3.63, 3.8) is 0 Å². The summed E-state index contributed by atoms with van der Waals surface area (Å²) < 4.78 is 2.87. The maximum atomic E-state index is 2.87. The summed E-state index contributed by atoms with van der Waals surface area (Å²) in [5.41, 5.74) is 0.866. The van der Waals surface area contributed by atoms with Crippen molar-refractivity contribution in [2.24, 2.45) is 0 Å². The minimum atomic E-state index is -1.14. The Balaban J connectivity index is 4.73. The minimum Gasteiger partial charge on any atom is -0.346 e. The molecule has 0 atom stereocenters. The zero-order valence-electron chi connectivity index (χ0n) is 10.7. The SMILES string of the molecule is CC(C)N([SiH](C)C)[Si](C)(C)C(C)C. The third-order valence-corrected chi connectivity index (χ3v) is 13.1. The van der Waals surface area contributed by atoms with Crippen LogP contribution in [-0.2, 0) is 0 Å². The van der Waals surface area contributed by atoms with Gasteiger partial charge < -0.3 is 4.23 Å². The fraction of sp³-hybridized carbons (Fsp3) is 1.00. The van der Waals surface area contributed by atoms with Crippen LogP contribution in [0.15, 0.2) is 0 Å². The third-order valence-electron chi connectivity index (χ3n) is 3.19. The van der Waals surface area contributed by atoms with Gasteiger partial charge in [-0.25, -0.2) is 0 Å². The van der Waals surface area contributed by atoms with E-state index in [0.717, 1.165) is 11.6 Å². The van der Waals surface area contributed by atoms with Gasteiger partial charge in [-0.2, -0.15) is 0 Å². The lowest BCUT2D eigenvalue weighted by molar-refractivity contribution is 0.507. The summed E-state index contributed by atoms with van der Waals surface area (Å²) in [6.07, 6.45) is 0. The molecule has 0 N–H and O–H groups in total. The van der Waals surface area contributed by atoms with Crippen LogP contribution < -0.4 is 0 Å². The molecule has 0 radical (unpaired) electrons. The van der Waals surface area contributed by atoms with Crippen molar-refractivity contribution in [2.45, 2.75) is 65.5 Å². The quantitative estimate of drug-likeness (QED) is 0.653. The van der Waals surface area contributed by atoms with Gasteiger partial charge in [-0.3, -0.25) is 0 Å². The van der Waals surface area contributed by atoms with Gasteiger partial charge in [0.2, 0.25) is 0 Å². The molecular weight excluding hydrogens is 190 g/mol. The average molecular weight is 218 g/mol. The maximum absolute atomic E-state index is 2.87. The van der Waals surface area contributed by atoms with E-state index in [9.17, 15) is 0 Å². The molecule has 0 rings (SSSR count). The lowest BCUT2D eigenvalue weighted by Gasteiger charge is -2.45. The van der Waals surface area contributed by atoms with Gasteiger partial charge in [0.1, 0.15) is 8.24 Å². The Labute approximate surface area is 87.3 Å². The molecule has 0 saturated heterocycles. The Kier molecular flexibility index (Phi) is 4.90. The van der Waals surface area contributed by atoms with Crippen molar-refractivity contribution < 1.29 is 0 Å². The molecule has 0 aliphatic rings. The second-order valence-corrected chi connectivity index (χ2v) is 13.6. The maximum Gasteiger partial charge on any atom is 0.118 e. The van der Waals surface area contributed by atoms with Crippen molar-refractivity contribution in [2.75, 3.05) is 0 Å². The Morgan fingerprint density at radius 2 is 1.38 bits per heavy atom. The summed E-state index contributed by atoms with van der Waals surface area (Å²) in [6.45, 7) is 19.4. The van der Waals surface area contributed by atoms with E-state index >= 15 is 0 Å².